The molecule has 7 N–H and O–H groups in total. The molecule has 1 aromatic rings. The van der Waals surface area contributed by atoms with Gasteiger partial charge in [0.2, 0.25) is 11.8 Å². The first-order chi connectivity index (χ1) is 15.7. The van der Waals surface area contributed by atoms with Crippen LogP contribution < -0.4 is 37.3 Å². The number of carbonyl (C=O) groups is 4. The molecule has 182 valence electrons. The molecule has 0 heterocycles. The number of nitrogens with two attached hydrogens (primary N) is 2. The SMILES string of the molecule is NC(N)=[NH+]CCCCCCCC(=O)N[C@@H](CC(=O)[O-])C(=O)N[C@@H](Cc1ccccc1)C(=O)[O-]. The van der Waals surface area contributed by atoms with Crippen molar-refractivity contribution in [3.63, 3.8) is 0 Å². The van der Waals surface area contributed by atoms with Crippen LogP contribution >= 0.6 is 0 Å². The van der Waals surface area contributed by atoms with Crippen LogP contribution in [0.5, 0.6) is 0 Å². The molecule has 1 aromatic carbocycles. The third-order valence-electron chi connectivity index (χ3n) is 4.82. The number of hydrogen-bond acceptors (Lipinski definition) is 6. The molecule has 0 aliphatic heterocycles. The molecule has 2 atom stereocenters. The number of unbranched alkanes of at least 4 members (excludes halogenated alkanes) is 4. The van der Waals surface area contributed by atoms with E-state index in [9.17, 15) is 29.4 Å². The summed E-state index contributed by atoms with van der Waals surface area (Å²) in [5, 5.41) is 27.1. The van der Waals surface area contributed by atoms with Gasteiger partial charge in [0.15, 0.2) is 0 Å². The lowest BCUT2D eigenvalue weighted by Gasteiger charge is -2.24. The van der Waals surface area contributed by atoms with Crippen molar-refractivity contribution in [3.05, 3.63) is 35.9 Å². The average Bonchev–Trinajstić information content (AvgIpc) is 2.74. The highest BCUT2D eigenvalue weighted by Crippen LogP contribution is 2.06. The van der Waals surface area contributed by atoms with Gasteiger partial charge in [-0.2, -0.15) is 0 Å². The number of guanidine groups is 1. The van der Waals surface area contributed by atoms with Gasteiger partial charge in [-0.3, -0.25) is 26.0 Å². The number of carbonyl (C=O) groups excluding carboxylic acids is 4. The predicted molar refractivity (Wildman–Crippen MR) is 116 cm³/mol. The number of amides is 2. The summed E-state index contributed by atoms with van der Waals surface area (Å²) >= 11 is 0. The molecule has 0 aromatic heterocycles. The molecular formula is C22H32N5O6-. The Morgan fingerprint density at radius 2 is 1.52 bits per heavy atom. The quantitative estimate of drug-likeness (QED) is 0.0922. The van der Waals surface area contributed by atoms with Crippen molar-refractivity contribution in [3.8, 4) is 0 Å². The molecule has 0 spiro atoms. The van der Waals surface area contributed by atoms with Crippen molar-refractivity contribution in [2.24, 2.45) is 11.5 Å². The highest BCUT2D eigenvalue weighted by Gasteiger charge is 2.24. The molecule has 1 rings (SSSR count). The standard InChI is InChI=1S/C22H33N5O6/c23-22(24)25-12-8-3-1-2-7-11-18(28)26-16(14-19(29)30)20(31)27-17(21(32)33)13-15-9-5-4-6-10-15/h4-6,9-10,16-17H,1-3,7-8,11-14H2,(H,26,28)(H,27,31)(H,29,30)(H,32,33)(H4,23,24,25)/p-1/t16-,17-/m0/s1. The summed E-state index contributed by atoms with van der Waals surface area (Å²) in [5.74, 6) is -4.33. The molecule has 0 saturated heterocycles. The van der Waals surface area contributed by atoms with Crippen molar-refractivity contribution in [1.29, 1.82) is 0 Å². The second-order valence-corrected chi connectivity index (χ2v) is 7.67. The first-order valence-corrected chi connectivity index (χ1v) is 10.8. The zero-order valence-corrected chi connectivity index (χ0v) is 18.5. The maximum absolute atomic E-state index is 12.5. The summed E-state index contributed by atoms with van der Waals surface area (Å²) in [4.78, 5) is 50.0. The van der Waals surface area contributed by atoms with Crippen LogP contribution in [-0.2, 0) is 25.6 Å². The number of aliphatic carboxylic acids is 2. The highest BCUT2D eigenvalue weighted by molar-refractivity contribution is 5.92. The van der Waals surface area contributed by atoms with E-state index >= 15 is 0 Å². The van der Waals surface area contributed by atoms with Crippen molar-refractivity contribution in [2.75, 3.05) is 6.54 Å². The van der Waals surface area contributed by atoms with Crippen LogP contribution in [0.2, 0.25) is 0 Å². The zero-order valence-electron chi connectivity index (χ0n) is 18.5. The third kappa shape index (κ3) is 12.7. The molecule has 0 aliphatic rings. The van der Waals surface area contributed by atoms with Gasteiger partial charge in [0, 0.05) is 18.8 Å². The van der Waals surface area contributed by atoms with E-state index in [4.69, 9.17) is 11.5 Å². The predicted octanol–water partition coefficient (Wildman–Crippen LogP) is -4.22. The minimum atomic E-state index is -1.55. The van der Waals surface area contributed by atoms with Crippen molar-refractivity contribution < 1.29 is 34.4 Å². The minimum Gasteiger partial charge on any atom is -0.550 e. The van der Waals surface area contributed by atoms with Crippen molar-refractivity contribution >= 4 is 29.7 Å². The maximum atomic E-state index is 12.5. The first-order valence-electron chi connectivity index (χ1n) is 10.8. The van der Waals surface area contributed by atoms with E-state index in [0.29, 0.717) is 18.5 Å². The fourth-order valence-electron chi connectivity index (χ4n) is 3.13. The monoisotopic (exact) mass is 462 g/mol. The molecule has 2 amide bonds. The number of carboxylic acid groups (broad SMARTS) is 2. The summed E-state index contributed by atoms with van der Waals surface area (Å²) in [6.45, 7) is 0.667. The topological polar surface area (TPSA) is 204 Å². The Balaban J connectivity index is 2.52. The van der Waals surface area contributed by atoms with Gasteiger partial charge in [0.25, 0.3) is 0 Å². The van der Waals surface area contributed by atoms with Crippen LogP contribution in [0.4, 0.5) is 0 Å². The zero-order chi connectivity index (χ0) is 24.6. The minimum absolute atomic E-state index is 0.0493. The van der Waals surface area contributed by atoms with Crippen molar-refractivity contribution in [2.45, 2.75) is 63.5 Å². The Hall–Kier alpha value is -3.63. The summed E-state index contributed by atoms with van der Waals surface area (Å²) in [6, 6.07) is 5.72. The second kappa shape index (κ2) is 15.2. The van der Waals surface area contributed by atoms with Crippen LogP contribution in [0.1, 0.15) is 50.5 Å². The molecule has 0 unspecified atom stereocenters. The molecule has 0 bridgehead atoms. The molecule has 0 fully saturated rings. The summed E-state index contributed by atoms with van der Waals surface area (Å²) in [6.07, 6.45) is 3.28. The smallest absolute Gasteiger partial charge is 0.338 e. The maximum Gasteiger partial charge on any atom is 0.338 e. The average molecular weight is 463 g/mol. The van der Waals surface area contributed by atoms with Gasteiger partial charge in [0.1, 0.15) is 6.04 Å². The Bertz CT molecular complexity index is 811. The van der Waals surface area contributed by atoms with E-state index in [1.54, 1.807) is 30.3 Å². The van der Waals surface area contributed by atoms with Gasteiger partial charge in [-0.15, -0.1) is 0 Å². The van der Waals surface area contributed by atoms with Gasteiger partial charge in [-0.05, 0) is 24.8 Å². The molecule has 33 heavy (non-hydrogen) atoms. The Labute approximate surface area is 192 Å². The molecule has 11 heteroatoms. The number of rotatable bonds is 16. The Kier molecular flexibility index (Phi) is 12.6. The fourth-order valence-corrected chi connectivity index (χ4v) is 3.13. The molecule has 0 radical (unpaired) electrons. The van der Waals surface area contributed by atoms with E-state index in [1.807, 2.05) is 0 Å². The number of benzene rings is 1. The van der Waals surface area contributed by atoms with Gasteiger partial charge in [-0.1, -0.05) is 49.6 Å². The van der Waals surface area contributed by atoms with Crippen LogP contribution in [0.3, 0.4) is 0 Å². The third-order valence-corrected chi connectivity index (χ3v) is 4.82. The van der Waals surface area contributed by atoms with E-state index in [1.165, 1.54) is 0 Å². The number of nitrogens with one attached hydrogen (secondary N) is 3. The fraction of sp³-hybridized carbons (Fsp3) is 0.500. The molecular weight excluding hydrogens is 430 g/mol. The van der Waals surface area contributed by atoms with Crippen LogP contribution in [0, 0.1) is 0 Å². The number of carboxylic acids is 2. The molecule has 0 saturated carbocycles. The molecule has 0 aliphatic carbocycles. The van der Waals surface area contributed by atoms with Gasteiger partial charge in [-0.25, -0.2) is 0 Å². The van der Waals surface area contributed by atoms with Gasteiger partial charge >= 0.3 is 5.96 Å². The van der Waals surface area contributed by atoms with Gasteiger partial charge < -0.3 is 30.4 Å². The lowest BCUT2D eigenvalue weighted by Crippen LogP contribution is -2.78. The Morgan fingerprint density at radius 3 is 2.12 bits per heavy atom. The lowest BCUT2D eigenvalue weighted by atomic mass is 10.0. The second-order valence-electron chi connectivity index (χ2n) is 7.67. The normalized spacial score (nSPS) is 12.2. The first kappa shape index (κ1) is 27.4. The summed E-state index contributed by atoms with van der Waals surface area (Å²) in [7, 11) is 0. The van der Waals surface area contributed by atoms with Crippen molar-refractivity contribution in [1.82, 2.24) is 10.6 Å². The van der Waals surface area contributed by atoms with E-state index in [2.05, 4.69) is 15.6 Å². The molecule has 11 nitrogen and oxygen atoms in total. The van der Waals surface area contributed by atoms with E-state index < -0.39 is 42.3 Å². The Morgan fingerprint density at radius 1 is 0.879 bits per heavy atom. The number of hydrogen-bond donors (Lipinski definition) is 5. The largest absolute Gasteiger partial charge is 0.550 e. The van der Waals surface area contributed by atoms with Crippen LogP contribution in [0.15, 0.2) is 30.3 Å². The van der Waals surface area contributed by atoms with Crippen LogP contribution in [-0.4, -0.2) is 48.3 Å². The van der Waals surface area contributed by atoms with Gasteiger partial charge in [0.05, 0.1) is 18.6 Å². The highest BCUT2D eigenvalue weighted by atomic mass is 16.4. The lowest BCUT2D eigenvalue weighted by molar-refractivity contribution is -0.459. The van der Waals surface area contributed by atoms with E-state index in [0.717, 1.165) is 25.7 Å². The summed E-state index contributed by atoms with van der Waals surface area (Å²) in [5.41, 5.74) is 11.2. The van der Waals surface area contributed by atoms with Crippen LogP contribution in [0.25, 0.3) is 0 Å². The summed E-state index contributed by atoms with van der Waals surface area (Å²) < 4.78 is 0. The van der Waals surface area contributed by atoms with E-state index in [-0.39, 0.29) is 18.8 Å².